The number of hydrogen-bond donors (Lipinski definition) is 1. The smallest absolute Gasteiger partial charge is 0.110 e. The molecule has 1 N–H and O–H groups in total. The lowest BCUT2D eigenvalue weighted by Gasteiger charge is -2.22. The summed E-state index contributed by atoms with van der Waals surface area (Å²) in [5.74, 6) is 1.05. The molecule has 1 aromatic rings. The Labute approximate surface area is 101 Å². The van der Waals surface area contributed by atoms with Gasteiger partial charge in [-0.3, -0.25) is 0 Å². The molecule has 0 atom stereocenters. The lowest BCUT2D eigenvalue weighted by Crippen LogP contribution is -2.22. The second-order valence-electron chi connectivity index (χ2n) is 4.44. The van der Waals surface area contributed by atoms with Gasteiger partial charge < -0.3 is 14.5 Å². The van der Waals surface area contributed by atoms with Gasteiger partial charge in [0, 0.05) is 25.9 Å². The highest BCUT2D eigenvalue weighted by molar-refractivity contribution is 5.84. The van der Waals surface area contributed by atoms with E-state index in [1.165, 1.54) is 0 Å². The molecule has 1 aromatic heterocycles. The number of nitrogens with zero attached hydrogens (tertiary/aromatic N) is 3. The molecule has 94 valence electrons. The van der Waals surface area contributed by atoms with Gasteiger partial charge in [0.05, 0.1) is 18.4 Å². The number of hydrogen-bond acceptors (Lipinski definition) is 4. The van der Waals surface area contributed by atoms with Crippen LogP contribution in [0.1, 0.15) is 31.5 Å². The molecule has 1 aliphatic carbocycles. The minimum atomic E-state index is 0.306. The maximum atomic E-state index is 8.65. The topological polar surface area (TPSA) is 59.6 Å². The first kappa shape index (κ1) is 12.1. The predicted octanol–water partition coefficient (Wildman–Crippen LogP) is 1.75. The Morgan fingerprint density at radius 3 is 2.88 bits per heavy atom. The van der Waals surface area contributed by atoms with E-state index < -0.39 is 0 Å². The van der Waals surface area contributed by atoms with Gasteiger partial charge in [0.15, 0.2) is 0 Å². The van der Waals surface area contributed by atoms with E-state index in [2.05, 4.69) is 10.1 Å². The maximum absolute atomic E-state index is 8.65. The Morgan fingerprint density at radius 2 is 2.29 bits per heavy atom. The third-order valence-electron chi connectivity index (χ3n) is 3.25. The van der Waals surface area contributed by atoms with Crippen LogP contribution in [0.4, 0.5) is 0 Å². The summed E-state index contributed by atoms with van der Waals surface area (Å²) in [6.07, 6.45) is 8.52. The van der Waals surface area contributed by atoms with Gasteiger partial charge >= 0.3 is 0 Å². The van der Waals surface area contributed by atoms with Crippen LogP contribution in [0, 0.1) is 0 Å². The Kier molecular flexibility index (Phi) is 4.14. The molecular weight excluding hydrogens is 218 g/mol. The van der Waals surface area contributed by atoms with E-state index in [0.29, 0.717) is 12.7 Å². The van der Waals surface area contributed by atoms with E-state index in [-0.39, 0.29) is 0 Å². The van der Waals surface area contributed by atoms with Gasteiger partial charge in [-0.05, 0) is 25.7 Å². The molecule has 0 unspecified atom stereocenters. The molecular formula is C12H19N3O2. The first-order valence-corrected chi connectivity index (χ1v) is 6.07. The molecule has 1 aliphatic rings. The first-order valence-electron chi connectivity index (χ1n) is 6.07. The quantitative estimate of drug-likeness (QED) is 0.641. The fourth-order valence-corrected chi connectivity index (χ4v) is 2.15. The van der Waals surface area contributed by atoms with Crippen molar-refractivity contribution in [1.82, 2.24) is 9.55 Å². The Morgan fingerprint density at radius 1 is 1.53 bits per heavy atom. The Balaban J connectivity index is 1.68. The van der Waals surface area contributed by atoms with E-state index in [9.17, 15) is 0 Å². The molecule has 5 nitrogen and oxygen atoms in total. The van der Waals surface area contributed by atoms with E-state index in [0.717, 1.165) is 43.6 Å². The van der Waals surface area contributed by atoms with Crippen LogP contribution in [0.15, 0.2) is 17.5 Å². The second-order valence-corrected chi connectivity index (χ2v) is 4.44. The largest absolute Gasteiger partial charge is 0.411 e. The summed E-state index contributed by atoms with van der Waals surface area (Å²) in [6.45, 7) is 0.709. The molecule has 0 radical (unpaired) electrons. The predicted molar refractivity (Wildman–Crippen MR) is 64.3 cm³/mol. The zero-order valence-corrected chi connectivity index (χ0v) is 10.2. The highest BCUT2D eigenvalue weighted by atomic mass is 16.5. The van der Waals surface area contributed by atoms with Crippen molar-refractivity contribution in [2.75, 3.05) is 6.61 Å². The summed E-state index contributed by atoms with van der Waals surface area (Å²) >= 11 is 0. The third-order valence-corrected chi connectivity index (χ3v) is 3.25. The van der Waals surface area contributed by atoms with Gasteiger partial charge in [0.1, 0.15) is 5.82 Å². The third kappa shape index (κ3) is 3.30. The van der Waals surface area contributed by atoms with Crippen molar-refractivity contribution in [2.24, 2.45) is 12.2 Å². The lowest BCUT2D eigenvalue weighted by molar-refractivity contribution is 0.0409. The standard InChI is InChI=1S/C12H19N3O2/c1-15-8-7-13-12(15)6-9-17-11-4-2-10(14-16)3-5-11/h7-8,11,16H,2-6,9H2,1H3. The van der Waals surface area contributed by atoms with Crippen molar-refractivity contribution in [3.8, 4) is 0 Å². The molecule has 5 heteroatoms. The summed E-state index contributed by atoms with van der Waals surface area (Å²) in [4.78, 5) is 4.25. The summed E-state index contributed by atoms with van der Waals surface area (Å²) in [5, 5.41) is 11.9. The minimum Gasteiger partial charge on any atom is -0.411 e. The maximum Gasteiger partial charge on any atom is 0.110 e. The molecule has 2 rings (SSSR count). The van der Waals surface area contributed by atoms with Crippen molar-refractivity contribution in [2.45, 2.75) is 38.2 Å². The number of imidazole rings is 1. The van der Waals surface area contributed by atoms with Gasteiger partial charge in [-0.2, -0.15) is 0 Å². The van der Waals surface area contributed by atoms with Crippen molar-refractivity contribution >= 4 is 5.71 Å². The van der Waals surface area contributed by atoms with E-state index in [1.54, 1.807) is 6.20 Å². The van der Waals surface area contributed by atoms with E-state index in [4.69, 9.17) is 9.94 Å². The van der Waals surface area contributed by atoms with Gasteiger partial charge in [0.25, 0.3) is 0 Å². The summed E-state index contributed by atoms with van der Waals surface area (Å²) in [5.41, 5.74) is 0.897. The van der Waals surface area contributed by atoms with Crippen LogP contribution in [-0.2, 0) is 18.2 Å². The van der Waals surface area contributed by atoms with Crippen molar-refractivity contribution < 1.29 is 9.94 Å². The fourth-order valence-electron chi connectivity index (χ4n) is 2.15. The van der Waals surface area contributed by atoms with Crippen LogP contribution in [0.3, 0.4) is 0 Å². The molecule has 0 saturated heterocycles. The fraction of sp³-hybridized carbons (Fsp3) is 0.667. The number of aromatic nitrogens is 2. The number of aryl methyl sites for hydroxylation is 1. The van der Waals surface area contributed by atoms with Crippen LogP contribution in [0.2, 0.25) is 0 Å². The summed E-state index contributed by atoms with van der Waals surface area (Å²) < 4.78 is 7.83. The van der Waals surface area contributed by atoms with Crippen molar-refractivity contribution in [3.63, 3.8) is 0 Å². The van der Waals surface area contributed by atoms with E-state index in [1.807, 2.05) is 17.8 Å². The Bertz CT molecular complexity index is 377. The number of ether oxygens (including phenoxy) is 1. The van der Waals surface area contributed by atoms with Crippen LogP contribution in [0.25, 0.3) is 0 Å². The molecule has 17 heavy (non-hydrogen) atoms. The SMILES string of the molecule is Cn1ccnc1CCOC1CCC(=NO)CC1. The highest BCUT2D eigenvalue weighted by Gasteiger charge is 2.18. The van der Waals surface area contributed by atoms with Gasteiger partial charge in [0.2, 0.25) is 0 Å². The number of oxime groups is 1. The minimum absolute atomic E-state index is 0.306. The second kappa shape index (κ2) is 5.82. The average molecular weight is 237 g/mol. The zero-order chi connectivity index (χ0) is 12.1. The monoisotopic (exact) mass is 237 g/mol. The molecule has 0 aliphatic heterocycles. The molecule has 1 heterocycles. The van der Waals surface area contributed by atoms with Crippen LogP contribution in [-0.4, -0.2) is 33.2 Å². The van der Waals surface area contributed by atoms with Gasteiger partial charge in [-0.25, -0.2) is 4.98 Å². The van der Waals surface area contributed by atoms with Crippen LogP contribution < -0.4 is 0 Å². The van der Waals surface area contributed by atoms with E-state index >= 15 is 0 Å². The van der Waals surface area contributed by atoms with Crippen molar-refractivity contribution in [1.29, 1.82) is 0 Å². The molecule has 1 saturated carbocycles. The van der Waals surface area contributed by atoms with Gasteiger partial charge in [-0.1, -0.05) is 5.16 Å². The molecule has 0 aromatic carbocycles. The zero-order valence-electron chi connectivity index (χ0n) is 10.2. The Hall–Kier alpha value is -1.36. The molecule has 0 spiro atoms. The molecule has 0 amide bonds. The highest BCUT2D eigenvalue weighted by Crippen LogP contribution is 2.19. The first-order chi connectivity index (χ1) is 8.29. The number of rotatable bonds is 4. The van der Waals surface area contributed by atoms with Crippen LogP contribution in [0.5, 0.6) is 0 Å². The lowest BCUT2D eigenvalue weighted by atomic mass is 9.96. The molecule has 0 bridgehead atoms. The average Bonchev–Trinajstić information content (AvgIpc) is 2.76. The summed E-state index contributed by atoms with van der Waals surface area (Å²) in [7, 11) is 1.99. The van der Waals surface area contributed by atoms with Crippen molar-refractivity contribution in [3.05, 3.63) is 18.2 Å². The van der Waals surface area contributed by atoms with Crippen LogP contribution >= 0.6 is 0 Å². The normalized spacial score (nSPS) is 20.5. The molecule has 1 fully saturated rings. The summed E-state index contributed by atoms with van der Waals surface area (Å²) in [6, 6.07) is 0. The van der Waals surface area contributed by atoms with Gasteiger partial charge in [-0.15, -0.1) is 0 Å².